The predicted molar refractivity (Wildman–Crippen MR) is 131 cm³/mol. The van der Waals surface area contributed by atoms with Gasteiger partial charge in [-0.1, -0.05) is 65.0 Å². The molecule has 1 N–H and O–H groups in total. The van der Waals surface area contributed by atoms with Crippen LogP contribution in [0.1, 0.15) is 62.9 Å². The van der Waals surface area contributed by atoms with Gasteiger partial charge in [-0.05, 0) is 54.0 Å². The van der Waals surface area contributed by atoms with Crippen molar-refractivity contribution in [3.8, 4) is 5.69 Å². The van der Waals surface area contributed by atoms with Gasteiger partial charge in [0.25, 0.3) is 15.6 Å². The highest BCUT2D eigenvalue weighted by atomic mass is 32.2. The number of hydrogen-bond donors (Lipinski definition) is 1. The number of hydrogen-bond acceptors (Lipinski definition) is 3. The second kappa shape index (κ2) is 8.28. The minimum absolute atomic E-state index is 0.0687. The number of aryl methyl sites for hydroxylation is 2. The molecule has 32 heavy (non-hydrogen) atoms. The normalized spacial score (nSPS) is 12.4. The molecule has 7 heteroatoms. The largest absolute Gasteiger partial charge is 0.296 e. The SMILES string of the molecule is Cc1cc(C(C)(C)C)cc(C)c1S(=O)(=O)Nc1c(C(C)C)n(C)n(-c2ccccc2)c1=O. The van der Waals surface area contributed by atoms with Crippen LogP contribution in [0.3, 0.4) is 0 Å². The van der Waals surface area contributed by atoms with Crippen LogP contribution < -0.4 is 10.3 Å². The fraction of sp³-hybridized carbons (Fsp3) is 0.400. The highest BCUT2D eigenvalue weighted by Crippen LogP contribution is 2.31. The van der Waals surface area contributed by atoms with E-state index in [9.17, 15) is 13.2 Å². The number of nitrogens with one attached hydrogen (secondary N) is 1. The van der Waals surface area contributed by atoms with Crippen LogP contribution in [0.15, 0.2) is 52.2 Å². The van der Waals surface area contributed by atoms with Gasteiger partial charge in [-0.2, -0.15) is 0 Å². The van der Waals surface area contributed by atoms with Crippen LogP contribution in [0, 0.1) is 13.8 Å². The lowest BCUT2D eigenvalue weighted by atomic mass is 9.85. The fourth-order valence-electron chi connectivity index (χ4n) is 4.23. The maximum absolute atomic E-state index is 13.5. The van der Waals surface area contributed by atoms with Gasteiger partial charge in [-0.15, -0.1) is 0 Å². The van der Waals surface area contributed by atoms with Gasteiger partial charge in [-0.3, -0.25) is 14.2 Å². The summed E-state index contributed by atoms with van der Waals surface area (Å²) < 4.78 is 32.9. The van der Waals surface area contributed by atoms with Crippen LogP contribution in [0.25, 0.3) is 5.69 Å². The van der Waals surface area contributed by atoms with E-state index < -0.39 is 15.6 Å². The predicted octanol–water partition coefficient (Wildman–Crippen LogP) is 5.01. The van der Waals surface area contributed by atoms with Crippen molar-refractivity contribution in [3.63, 3.8) is 0 Å². The molecule has 0 atom stereocenters. The molecule has 0 aliphatic heterocycles. The Bertz CT molecular complexity index is 1290. The Balaban J connectivity index is 2.18. The van der Waals surface area contributed by atoms with Crippen molar-refractivity contribution in [1.29, 1.82) is 0 Å². The first-order chi connectivity index (χ1) is 14.8. The first-order valence-electron chi connectivity index (χ1n) is 10.8. The third-order valence-corrected chi connectivity index (χ3v) is 7.34. The molecule has 6 nitrogen and oxygen atoms in total. The summed E-state index contributed by atoms with van der Waals surface area (Å²) in [6.07, 6.45) is 0. The van der Waals surface area contributed by atoms with E-state index in [1.807, 2.05) is 56.3 Å². The third kappa shape index (κ3) is 4.26. The molecule has 3 aromatic rings. The number of aromatic nitrogens is 2. The van der Waals surface area contributed by atoms with E-state index in [0.717, 1.165) is 5.56 Å². The van der Waals surface area contributed by atoms with Crippen molar-refractivity contribution in [3.05, 3.63) is 75.2 Å². The van der Waals surface area contributed by atoms with E-state index in [1.54, 1.807) is 25.6 Å². The molecule has 2 aromatic carbocycles. The zero-order chi connectivity index (χ0) is 24.0. The van der Waals surface area contributed by atoms with Gasteiger partial charge >= 0.3 is 0 Å². The highest BCUT2D eigenvalue weighted by Gasteiger charge is 2.28. The van der Waals surface area contributed by atoms with Crippen molar-refractivity contribution in [1.82, 2.24) is 9.36 Å². The van der Waals surface area contributed by atoms with Gasteiger partial charge in [0.2, 0.25) is 0 Å². The molecule has 0 amide bonds. The summed E-state index contributed by atoms with van der Waals surface area (Å²) in [6.45, 7) is 13.8. The van der Waals surface area contributed by atoms with Crippen molar-refractivity contribution >= 4 is 15.7 Å². The molecule has 0 radical (unpaired) electrons. The number of anilines is 1. The molecule has 0 spiro atoms. The van der Waals surface area contributed by atoms with Crippen LogP contribution in [0.2, 0.25) is 0 Å². The number of sulfonamides is 1. The lowest BCUT2D eigenvalue weighted by Gasteiger charge is -2.22. The van der Waals surface area contributed by atoms with E-state index in [-0.39, 0.29) is 21.9 Å². The molecule has 172 valence electrons. The topological polar surface area (TPSA) is 73.1 Å². The summed E-state index contributed by atoms with van der Waals surface area (Å²) >= 11 is 0. The molecule has 0 aliphatic rings. The van der Waals surface area contributed by atoms with Gasteiger partial charge in [-0.25, -0.2) is 13.1 Å². The van der Waals surface area contributed by atoms with E-state index >= 15 is 0 Å². The Hall–Kier alpha value is -2.80. The molecule has 0 aliphatic carbocycles. The van der Waals surface area contributed by atoms with Crippen molar-refractivity contribution in [2.75, 3.05) is 4.72 Å². The molecule has 0 saturated carbocycles. The molecule has 3 rings (SSSR count). The molecular weight excluding hydrogens is 422 g/mol. The maximum Gasteiger partial charge on any atom is 0.296 e. The fourth-order valence-corrected chi connectivity index (χ4v) is 5.76. The quantitative estimate of drug-likeness (QED) is 0.587. The molecule has 1 aromatic heterocycles. The molecule has 0 unspecified atom stereocenters. The Kier molecular flexibility index (Phi) is 6.17. The summed E-state index contributed by atoms with van der Waals surface area (Å²) in [5, 5.41) is 0. The molecule has 0 bridgehead atoms. The van der Waals surface area contributed by atoms with Gasteiger partial charge in [0, 0.05) is 7.05 Å². The zero-order valence-electron chi connectivity index (χ0n) is 20.1. The van der Waals surface area contributed by atoms with Gasteiger partial charge in [0.1, 0.15) is 5.69 Å². The Morgan fingerprint density at radius 3 is 1.97 bits per heavy atom. The Labute approximate surface area is 190 Å². The van der Waals surface area contributed by atoms with E-state index in [4.69, 9.17) is 0 Å². The minimum Gasteiger partial charge on any atom is -0.283 e. The van der Waals surface area contributed by atoms with Crippen molar-refractivity contribution in [2.24, 2.45) is 7.05 Å². The first-order valence-corrected chi connectivity index (χ1v) is 12.3. The van der Waals surface area contributed by atoms with E-state index in [1.165, 1.54) is 4.68 Å². The standard InChI is InChI=1S/C25H33N3O3S/c1-16(2)22-21(24(29)28(27(22)8)20-12-10-9-11-13-20)26-32(30,31)23-17(3)14-19(15-18(23)4)25(5,6)7/h9-16,26H,1-8H3. The minimum atomic E-state index is -3.98. The number of nitrogens with zero attached hydrogens (tertiary/aromatic N) is 2. The summed E-state index contributed by atoms with van der Waals surface area (Å²) in [5.41, 5.74) is 3.29. The zero-order valence-corrected chi connectivity index (χ0v) is 21.0. The van der Waals surface area contributed by atoms with Gasteiger partial charge in [0.15, 0.2) is 0 Å². The molecule has 0 saturated heterocycles. The number of rotatable bonds is 5. The smallest absolute Gasteiger partial charge is 0.283 e. The number of para-hydroxylation sites is 1. The second-order valence-corrected chi connectivity index (χ2v) is 11.3. The Morgan fingerprint density at radius 2 is 1.50 bits per heavy atom. The maximum atomic E-state index is 13.5. The van der Waals surface area contributed by atoms with E-state index in [2.05, 4.69) is 25.5 Å². The lowest BCUT2D eigenvalue weighted by molar-refractivity contribution is 0.585. The van der Waals surface area contributed by atoms with Crippen LogP contribution >= 0.6 is 0 Å². The summed E-state index contributed by atoms with van der Waals surface area (Å²) in [6, 6.07) is 13.0. The Morgan fingerprint density at radius 1 is 0.969 bits per heavy atom. The van der Waals surface area contributed by atoms with E-state index in [0.29, 0.717) is 22.5 Å². The highest BCUT2D eigenvalue weighted by molar-refractivity contribution is 7.92. The summed E-state index contributed by atoms with van der Waals surface area (Å²) in [4.78, 5) is 13.6. The van der Waals surface area contributed by atoms with Crippen LogP contribution in [-0.2, 0) is 22.5 Å². The summed E-state index contributed by atoms with van der Waals surface area (Å²) in [7, 11) is -2.20. The second-order valence-electron chi connectivity index (χ2n) is 9.69. The van der Waals surface area contributed by atoms with Crippen LogP contribution in [-0.4, -0.2) is 17.8 Å². The van der Waals surface area contributed by atoms with Crippen LogP contribution in [0.4, 0.5) is 5.69 Å². The average Bonchev–Trinajstić information content (AvgIpc) is 2.90. The summed E-state index contributed by atoms with van der Waals surface area (Å²) in [5.74, 6) is -0.0687. The molecular formula is C25H33N3O3S. The lowest BCUT2D eigenvalue weighted by Crippen LogP contribution is -2.24. The van der Waals surface area contributed by atoms with Crippen LogP contribution in [0.5, 0.6) is 0 Å². The number of benzene rings is 2. The van der Waals surface area contributed by atoms with Gasteiger partial charge in [0.05, 0.1) is 16.3 Å². The monoisotopic (exact) mass is 455 g/mol. The van der Waals surface area contributed by atoms with Crippen molar-refractivity contribution in [2.45, 2.75) is 64.7 Å². The van der Waals surface area contributed by atoms with Crippen molar-refractivity contribution < 1.29 is 8.42 Å². The third-order valence-electron chi connectivity index (χ3n) is 5.69. The average molecular weight is 456 g/mol. The molecule has 1 heterocycles. The molecule has 0 fully saturated rings. The first kappa shape index (κ1) is 23.9. The van der Waals surface area contributed by atoms with Gasteiger partial charge < -0.3 is 0 Å².